The van der Waals surface area contributed by atoms with Crippen LogP contribution in [-0.4, -0.2) is 79.3 Å². The summed E-state index contributed by atoms with van der Waals surface area (Å²) in [6.07, 6.45) is 1.22. The van der Waals surface area contributed by atoms with Crippen LogP contribution in [0.3, 0.4) is 0 Å². The van der Waals surface area contributed by atoms with Gasteiger partial charge in [0.15, 0.2) is 0 Å². The van der Waals surface area contributed by atoms with Gasteiger partial charge in [-0.25, -0.2) is 9.18 Å². The second-order valence-electron chi connectivity index (χ2n) is 8.57. The van der Waals surface area contributed by atoms with Crippen molar-refractivity contribution in [1.82, 2.24) is 24.9 Å². The average molecular weight is 505 g/mol. The van der Waals surface area contributed by atoms with Crippen molar-refractivity contribution >= 4 is 34.5 Å². The number of amides is 2. The lowest BCUT2D eigenvalue weighted by molar-refractivity contribution is -0.130. The van der Waals surface area contributed by atoms with E-state index in [9.17, 15) is 23.6 Å². The number of fused-ring (bicyclic) bond motifs is 1. The summed E-state index contributed by atoms with van der Waals surface area (Å²) in [6, 6.07) is 10.7. The lowest BCUT2D eigenvalue weighted by Crippen LogP contribution is -2.56. The Balaban J connectivity index is 1.38. The number of aromatic amines is 1. The quantitative estimate of drug-likeness (QED) is 0.310. The normalized spacial score (nSPS) is 15.7. The number of hydrogen-bond acceptors (Lipinski definition) is 7. The number of aromatic carboxylic acids is 1. The molecule has 3 heterocycles. The first-order valence-corrected chi connectivity index (χ1v) is 11.3. The Hall–Kier alpha value is -4.87. The molecule has 1 aliphatic rings. The number of carbonyl (C=O) groups excluding carboxylic acids is 3. The minimum atomic E-state index is -1.43. The van der Waals surface area contributed by atoms with Gasteiger partial charge >= 0.3 is 11.9 Å². The van der Waals surface area contributed by atoms with Crippen molar-refractivity contribution < 1.29 is 33.2 Å². The van der Waals surface area contributed by atoms with E-state index in [1.165, 1.54) is 17.2 Å². The molecule has 0 radical (unpaired) electrons. The Morgan fingerprint density at radius 3 is 2.54 bits per heavy atom. The molecule has 2 aromatic carbocycles. The summed E-state index contributed by atoms with van der Waals surface area (Å²) in [5, 5.41) is 12.5. The van der Waals surface area contributed by atoms with Crippen LogP contribution in [0.2, 0.25) is 0 Å². The third kappa shape index (κ3) is 4.22. The third-order valence-corrected chi connectivity index (χ3v) is 6.27. The van der Waals surface area contributed by atoms with Crippen LogP contribution in [0.1, 0.15) is 38.3 Å². The standard InChI is InChI=1S/C25H20FN5O6/c1-13-12-30(23(33)14-5-3-2-4-6-14)9-10-31(13)24(34)20(32)16-11-27-19-15(7-8-17(26)18(16)19)21-28-22(25(35)36)37-29-21/h2-8,11,13,27H,9-10,12H2,1H3,(H,35,36)/t13-/m1/s1. The number of piperazine rings is 1. The van der Waals surface area contributed by atoms with Gasteiger partial charge in [0.1, 0.15) is 5.82 Å². The van der Waals surface area contributed by atoms with Gasteiger partial charge in [0.2, 0.25) is 5.82 Å². The molecule has 1 aliphatic heterocycles. The van der Waals surface area contributed by atoms with Crippen molar-refractivity contribution in [3.05, 3.63) is 71.5 Å². The molecule has 1 saturated heterocycles. The predicted octanol–water partition coefficient (Wildman–Crippen LogP) is 2.61. The van der Waals surface area contributed by atoms with Gasteiger partial charge < -0.3 is 24.4 Å². The zero-order chi connectivity index (χ0) is 26.3. The summed E-state index contributed by atoms with van der Waals surface area (Å²) in [5.41, 5.74) is 0.657. The van der Waals surface area contributed by atoms with Crippen molar-refractivity contribution in [1.29, 1.82) is 0 Å². The van der Waals surface area contributed by atoms with E-state index in [0.717, 1.165) is 6.07 Å². The minimum Gasteiger partial charge on any atom is -0.474 e. The molecule has 4 aromatic rings. The average Bonchev–Trinajstić information content (AvgIpc) is 3.57. The van der Waals surface area contributed by atoms with Crippen molar-refractivity contribution in [2.75, 3.05) is 19.6 Å². The summed E-state index contributed by atoms with van der Waals surface area (Å²) in [5.74, 6) is -4.86. The van der Waals surface area contributed by atoms with E-state index in [1.807, 2.05) is 6.07 Å². The van der Waals surface area contributed by atoms with Crippen molar-refractivity contribution in [3.8, 4) is 11.4 Å². The van der Waals surface area contributed by atoms with E-state index in [1.54, 1.807) is 36.1 Å². The summed E-state index contributed by atoms with van der Waals surface area (Å²) < 4.78 is 19.5. The predicted molar refractivity (Wildman–Crippen MR) is 126 cm³/mol. The molecule has 0 aliphatic carbocycles. The molecule has 12 heteroatoms. The highest BCUT2D eigenvalue weighted by molar-refractivity contribution is 6.45. The lowest BCUT2D eigenvalue weighted by Gasteiger charge is -2.39. The van der Waals surface area contributed by atoms with Gasteiger partial charge in [-0.1, -0.05) is 23.4 Å². The van der Waals surface area contributed by atoms with Crippen LogP contribution >= 0.6 is 0 Å². The number of rotatable bonds is 5. The second kappa shape index (κ2) is 9.30. The summed E-state index contributed by atoms with van der Waals surface area (Å²) >= 11 is 0. The van der Waals surface area contributed by atoms with Crippen LogP contribution < -0.4 is 0 Å². The number of hydrogen-bond donors (Lipinski definition) is 2. The van der Waals surface area contributed by atoms with Crippen LogP contribution in [0.15, 0.2) is 53.2 Å². The van der Waals surface area contributed by atoms with E-state index >= 15 is 0 Å². The topological polar surface area (TPSA) is 150 Å². The van der Waals surface area contributed by atoms with Gasteiger partial charge in [0.05, 0.1) is 11.1 Å². The number of carbonyl (C=O) groups is 4. The molecule has 11 nitrogen and oxygen atoms in total. The number of aromatic nitrogens is 3. The number of benzene rings is 2. The Kier molecular flexibility index (Phi) is 5.99. The van der Waals surface area contributed by atoms with Gasteiger partial charge in [0, 0.05) is 48.4 Å². The summed E-state index contributed by atoms with van der Waals surface area (Å²) in [4.78, 5) is 59.8. The Morgan fingerprint density at radius 2 is 1.86 bits per heavy atom. The van der Waals surface area contributed by atoms with E-state index in [4.69, 9.17) is 5.11 Å². The maximum absolute atomic E-state index is 14.9. The molecule has 2 aromatic heterocycles. The van der Waals surface area contributed by atoms with Gasteiger partial charge in [-0.3, -0.25) is 14.4 Å². The molecule has 188 valence electrons. The van der Waals surface area contributed by atoms with Crippen LogP contribution in [0.4, 0.5) is 4.39 Å². The summed E-state index contributed by atoms with van der Waals surface area (Å²) in [7, 11) is 0. The maximum atomic E-state index is 14.9. The Morgan fingerprint density at radius 1 is 1.11 bits per heavy atom. The highest BCUT2D eigenvalue weighted by Gasteiger charge is 2.35. The zero-order valence-corrected chi connectivity index (χ0v) is 19.5. The van der Waals surface area contributed by atoms with Crippen LogP contribution in [0.25, 0.3) is 22.3 Å². The van der Waals surface area contributed by atoms with E-state index in [-0.39, 0.29) is 53.4 Å². The number of nitrogens with one attached hydrogen (secondary N) is 1. The number of ketones is 1. The number of carboxylic acid groups (broad SMARTS) is 1. The smallest absolute Gasteiger partial charge is 0.394 e. The van der Waals surface area contributed by atoms with Crippen LogP contribution in [-0.2, 0) is 4.79 Å². The first kappa shape index (κ1) is 23.9. The molecule has 2 amide bonds. The first-order chi connectivity index (χ1) is 17.8. The van der Waals surface area contributed by atoms with E-state index < -0.39 is 35.4 Å². The maximum Gasteiger partial charge on any atom is 0.394 e. The van der Waals surface area contributed by atoms with Crippen molar-refractivity contribution in [2.24, 2.45) is 0 Å². The highest BCUT2D eigenvalue weighted by Crippen LogP contribution is 2.31. The zero-order valence-electron chi connectivity index (χ0n) is 19.5. The fraction of sp³-hybridized carbons (Fsp3) is 0.200. The molecule has 0 spiro atoms. The third-order valence-electron chi connectivity index (χ3n) is 6.27. The van der Waals surface area contributed by atoms with Gasteiger partial charge in [-0.05, 0) is 31.2 Å². The van der Waals surface area contributed by atoms with Crippen molar-refractivity contribution in [2.45, 2.75) is 13.0 Å². The molecular formula is C25H20FN5O6. The molecule has 0 bridgehead atoms. The number of Topliss-reactive ketones (excluding diaryl/α,β-unsaturated/α-hetero) is 1. The number of nitrogens with zero attached hydrogens (tertiary/aromatic N) is 4. The molecule has 5 rings (SSSR count). The molecule has 0 unspecified atom stereocenters. The molecule has 1 atom stereocenters. The molecule has 1 fully saturated rings. The van der Waals surface area contributed by atoms with Gasteiger partial charge in [-0.2, -0.15) is 4.98 Å². The SMILES string of the molecule is C[C@@H]1CN(C(=O)c2ccccc2)CCN1C(=O)C(=O)c1c[nH]c2c(-c3noc(C(=O)O)n3)ccc(F)c12. The van der Waals surface area contributed by atoms with Gasteiger partial charge in [-0.15, -0.1) is 0 Å². The van der Waals surface area contributed by atoms with Crippen molar-refractivity contribution in [3.63, 3.8) is 0 Å². The highest BCUT2D eigenvalue weighted by atomic mass is 19.1. The van der Waals surface area contributed by atoms with Crippen LogP contribution in [0.5, 0.6) is 0 Å². The summed E-state index contributed by atoms with van der Waals surface area (Å²) in [6.45, 7) is 2.36. The van der Waals surface area contributed by atoms with Gasteiger partial charge in [0.25, 0.3) is 17.6 Å². The number of H-pyrrole nitrogens is 1. The minimum absolute atomic E-state index is 0.111. The Labute approximate surface area is 208 Å². The Bertz CT molecular complexity index is 1550. The first-order valence-electron chi connectivity index (χ1n) is 11.3. The van der Waals surface area contributed by atoms with Crippen LogP contribution in [0, 0.1) is 5.82 Å². The second-order valence-corrected chi connectivity index (χ2v) is 8.57. The molecule has 2 N–H and O–H groups in total. The molecule has 0 saturated carbocycles. The molecular weight excluding hydrogens is 485 g/mol. The largest absolute Gasteiger partial charge is 0.474 e. The lowest BCUT2D eigenvalue weighted by atomic mass is 10.0. The fourth-order valence-corrected chi connectivity index (χ4v) is 4.44. The fourth-order valence-electron chi connectivity index (χ4n) is 4.44. The van der Waals surface area contributed by atoms with E-state index in [0.29, 0.717) is 5.56 Å². The number of halogens is 1. The number of carboxylic acids is 1. The molecule has 37 heavy (non-hydrogen) atoms. The monoisotopic (exact) mass is 505 g/mol. The van der Waals surface area contributed by atoms with E-state index in [2.05, 4.69) is 19.6 Å².